The lowest BCUT2D eigenvalue weighted by Gasteiger charge is -2.20. The van der Waals surface area contributed by atoms with E-state index in [2.05, 4.69) is 15.3 Å². The number of hydrogen-bond donors (Lipinski definition) is 2. The van der Waals surface area contributed by atoms with E-state index in [9.17, 15) is 13.2 Å². The lowest BCUT2D eigenvalue weighted by atomic mass is 9.98. The van der Waals surface area contributed by atoms with Crippen molar-refractivity contribution in [3.63, 3.8) is 0 Å². The van der Waals surface area contributed by atoms with Crippen molar-refractivity contribution >= 4 is 11.0 Å². The molecule has 6 heteroatoms. The predicted molar refractivity (Wildman–Crippen MR) is 103 cm³/mol. The summed E-state index contributed by atoms with van der Waals surface area (Å²) >= 11 is 0. The molecule has 4 rings (SSSR count). The highest BCUT2D eigenvalue weighted by molar-refractivity contribution is 5.79. The summed E-state index contributed by atoms with van der Waals surface area (Å²) in [5, 5.41) is 3.41. The van der Waals surface area contributed by atoms with Crippen molar-refractivity contribution in [2.45, 2.75) is 18.8 Å². The van der Waals surface area contributed by atoms with E-state index >= 15 is 0 Å². The lowest BCUT2D eigenvalue weighted by Crippen LogP contribution is -2.22. The van der Waals surface area contributed by atoms with E-state index in [-0.39, 0.29) is 12.6 Å². The van der Waals surface area contributed by atoms with Crippen LogP contribution in [0.15, 0.2) is 79.1 Å². The van der Waals surface area contributed by atoms with Gasteiger partial charge in [-0.1, -0.05) is 60.7 Å². The molecule has 3 nitrogen and oxygen atoms in total. The fraction of sp³-hybridized carbons (Fsp3) is 0.136. The first-order chi connectivity index (χ1) is 13.5. The molecule has 0 atom stereocenters. The molecule has 0 bridgehead atoms. The Labute approximate surface area is 160 Å². The second kappa shape index (κ2) is 7.48. The molecule has 0 fully saturated rings. The Morgan fingerprint density at radius 2 is 1.50 bits per heavy atom. The van der Waals surface area contributed by atoms with Gasteiger partial charge >= 0.3 is 6.18 Å². The number of rotatable bonds is 5. The summed E-state index contributed by atoms with van der Waals surface area (Å²) in [6.45, 7) is 0.261. The molecule has 0 aliphatic rings. The average molecular weight is 381 g/mol. The van der Waals surface area contributed by atoms with Crippen molar-refractivity contribution in [3.05, 3.63) is 101 Å². The molecule has 1 aromatic heterocycles. The minimum Gasteiger partial charge on any atom is -0.344 e. The second-order valence-electron chi connectivity index (χ2n) is 6.57. The summed E-state index contributed by atoms with van der Waals surface area (Å²) in [5.41, 5.74) is 2.84. The van der Waals surface area contributed by atoms with Gasteiger partial charge in [0.15, 0.2) is 0 Å². The van der Waals surface area contributed by atoms with Gasteiger partial charge in [-0.05, 0) is 28.8 Å². The van der Waals surface area contributed by atoms with Crippen LogP contribution in [0.3, 0.4) is 0 Å². The fourth-order valence-corrected chi connectivity index (χ4v) is 3.35. The molecule has 0 unspecified atom stereocenters. The molecule has 1 heterocycles. The van der Waals surface area contributed by atoms with Crippen LogP contribution in [-0.4, -0.2) is 9.97 Å². The van der Waals surface area contributed by atoms with Gasteiger partial charge in [-0.25, -0.2) is 4.98 Å². The van der Waals surface area contributed by atoms with Gasteiger partial charge in [-0.2, -0.15) is 13.2 Å². The number of hydrogen-bond acceptors (Lipinski definition) is 2. The molecule has 142 valence electrons. The fourth-order valence-electron chi connectivity index (χ4n) is 3.35. The maximum absolute atomic E-state index is 13.3. The quantitative estimate of drug-likeness (QED) is 0.482. The van der Waals surface area contributed by atoms with Gasteiger partial charge in [0.2, 0.25) is 0 Å². The molecule has 3 aromatic carbocycles. The first kappa shape index (κ1) is 18.3. The molecule has 4 aromatic rings. The maximum Gasteiger partial charge on any atom is 0.416 e. The van der Waals surface area contributed by atoms with Gasteiger partial charge in [0.25, 0.3) is 0 Å². The monoisotopic (exact) mass is 381 g/mol. The number of benzene rings is 3. The van der Waals surface area contributed by atoms with E-state index in [4.69, 9.17) is 0 Å². The third kappa shape index (κ3) is 3.77. The van der Waals surface area contributed by atoms with Crippen LogP contribution in [0.4, 0.5) is 13.2 Å². The van der Waals surface area contributed by atoms with Crippen LogP contribution in [0.25, 0.3) is 11.0 Å². The molecule has 2 N–H and O–H groups in total. The minimum atomic E-state index is -4.42. The topological polar surface area (TPSA) is 40.7 Å². The van der Waals surface area contributed by atoms with Crippen molar-refractivity contribution in [2.75, 3.05) is 0 Å². The summed E-state index contributed by atoms with van der Waals surface area (Å²) in [5.74, 6) is 0. The van der Waals surface area contributed by atoms with E-state index in [1.165, 1.54) is 12.4 Å². The van der Waals surface area contributed by atoms with E-state index < -0.39 is 11.7 Å². The lowest BCUT2D eigenvalue weighted by molar-refractivity contribution is -0.137. The van der Waals surface area contributed by atoms with Gasteiger partial charge in [-0.15, -0.1) is 0 Å². The standard InChI is InChI=1S/C22H18F3N3/c23-22(24,25)18-11-17(21-19(12-18)27-14-28-21)13-26-20(15-7-3-1-4-8-15)16-9-5-2-6-10-16/h1-12,14,20,26H,13H2,(H,27,28). The summed E-state index contributed by atoms with van der Waals surface area (Å²) in [7, 11) is 0. The molecule has 0 radical (unpaired) electrons. The number of fused-ring (bicyclic) bond motifs is 1. The van der Waals surface area contributed by atoms with Crippen molar-refractivity contribution in [2.24, 2.45) is 0 Å². The summed E-state index contributed by atoms with van der Waals surface area (Å²) in [4.78, 5) is 6.97. The van der Waals surface area contributed by atoms with Crippen LogP contribution in [0.5, 0.6) is 0 Å². The molecular weight excluding hydrogens is 363 g/mol. The number of alkyl halides is 3. The highest BCUT2D eigenvalue weighted by Crippen LogP contribution is 2.33. The van der Waals surface area contributed by atoms with Crippen LogP contribution in [-0.2, 0) is 12.7 Å². The Hall–Kier alpha value is -3.12. The van der Waals surface area contributed by atoms with E-state index in [0.717, 1.165) is 17.2 Å². The molecule has 0 spiro atoms. The summed E-state index contributed by atoms with van der Waals surface area (Å²) in [6, 6.07) is 21.8. The molecule has 0 aliphatic heterocycles. The van der Waals surface area contributed by atoms with Crippen molar-refractivity contribution in [3.8, 4) is 0 Å². The molecule has 0 amide bonds. The number of imidazole rings is 1. The Kier molecular flexibility index (Phi) is 4.88. The zero-order chi connectivity index (χ0) is 19.6. The number of nitrogens with one attached hydrogen (secondary N) is 2. The molecule has 0 saturated carbocycles. The van der Waals surface area contributed by atoms with Crippen LogP contribution in [0, 0.1) is 0 Å². The van der Waals surface area contributed by atoms with Crippen molar-refractivity contribution < 1.29 is 13.2 Å². The van der Waals surface area contributed by atoms with Gasteiger partial charge in [0.05, 0.1) is 29.0 Å². The van der Waals surface area contributed by atoms with E-state index in [1.54, 1.807) is 0 Å². The van der Waals surface area contributed by atoms with Crippen LogP contribution in [0.1, 0.15) is 28.3 Å². The first-order valence-electron chi connectivity index (χ1n) is 8.89. The maximum atomic E-state index is 13.3. The van der Waals surface area contributed by atoms with Gasteiger partial charge in [-0.3, -0.25) is 0 Å². The largest absolute Gasteiger partial charge is 0.416 e. The number of aromatic nitrogens is 2. The zero-order valence-corrected chi connectivity index (χ0v) is 14.9. The second-order valence-corrected chi connectivity index (χ2v) is 6.57. The first-order valence-corrected chi connectivity index (χ1v) is 8.89. The molecule has 0 saturated heterocycles. The predicted octanol–water partition coefficient (Wildman–Crippen LogP) is 5.46. The van der Waals surface area contributed by atoms with Gasteiger partial charge in [0.1, 0.15) is 0 Å². The SMILES string of the molecule is FC(F)(F)c1cc(CNC(c2ccccc2)c2ccccc2)c2[nH]cnc2c1. The summed E-state index contributed by atoms with van der Waals surface area (Å²) < 4.78 is 39.8. The highest BCUT2D eigenvalue weighted by Gasteiger charge is 2.31. The molecule has 0 aliphatic carbocycles. The Balaban J connectivity index is 1.69. The Bertz CT molecular complexity index is 1020. The van der Waals surface area contributed by atoms with Crippen LogP contribution >= 0.6 is 0 Å². The van der Waals surface area contributed by atoms with Crippen LogP contribution in [0.2, 0.25) is 0 Å². The number of aromatic amines is 1. The number of H-pyrrole nitrogens is 1. The highest BCUT2D eigenvalue weighted by atomic mass is 19.4. The van der Waals surface area contributed by atoms with Gasteiger partial charge < -0.3 is 10.3 Å². The van der Waals surface area contributed by atoms with Crippen molar-refractivity contribution in [1.82, 2.24) is 15.3 Å². The third-order valence-corrected chi connectivity index (χ3v) is 4.70. The minimum absolute atomic E-state index is 0.144. The van der Waals surface area contributed by atoms with E-state index in [1.807, 2.05) is 60.7 Å². The Morgan fingerprint density at radius 1 is 0.893 bits per heavy atom. The van der Waals surface area contributed by atoms with Gasteiger partial charge in [0, 0.05) is 6.54 Å². The normalized spacial score (nSPS) is 12.0. The molecule has 28 heavy (non-hydrogen) atoms. The Morgan fingerprint density at radius 3 is 2.07 bits per heavy atom. The third-order valence-electron chi connectivity index (χ3n) is 4.70. The average Bonchev–Trinajstić information content (AvgIpc) is 3.18. The van der Waals surface area contributed by atoms with Crippen molar-refractivity contribution in [1.29, 1.82) is 0 Å². The van der Waals surface area contributed by atoms with E-state index in [0.29, 0.717) is 16.6 Å². The summed E-state index contributed by atoms with van der Waals surface area (Å²) in [6.07, 6.45) is -3.00. The molecular formula is C22H18F3N3. The number of nitrogens with zero attached hydrogens (tertiary/aromatic N) is 1. The smallest absolute Gasteiger partial charge is 0.344 e. The zero-order valence-electron chi connectivity index (χ0n) is 14.9. The number of halogens is 3. The van der Waals surface area contributed by atoms with Crippen LogP contribution < -0.4 is 5.32 Å².